The largest absolute Gasteiger partial charge is 0.326 e. The molecule has 0 aliphatic carbocycles. The fraction of sp³-hybridized carbons (Fsp3) is 0.167. The Kier molecular flexibility index (Phi) is 4.91. The van der Waals surface area contributed by atoms with Gasteiger partial charge in [0.25, 0.3) is 5.56 Å². The van der Waals surface area contributed by atoms with Gasteiger partial charge in [0.2, 0.25) is 5.91 Å². The van der Waals surface area contributed by atoms with Crippen LogP contribution in [0.2, 0.25) is 5.02 Å². The van der Waals surface area contributed by atoms with Gasteiger partial charge in [-0.05, 0) is 42.8 Å². The van der Waals surface area contributed by atoms with Gasteiger partial charge < -0.3 is 10.3 Å². The molecule has 0 fully saturated rings. The second kappa shape index (κ2) is 7.27. The minimum absolute atomic E-state index is 0.0829. The Hall–Kier alpha value is -2.66. The van der Waals surface area contributed by atoms with Crippen molar-refractivity contribution < 1.29 is 4.79 Å². The quantitative estimate of drug-likeness (QED) is 0.745. The Morgan fingerprint density at radius 1 is 1.12 bits per heavy atom. The van der Waals surface area contributed by atoms with Gasteiger partial charge in [-0.25, -0.2) is 4.98 Å². The van der Waals surface area contributed by atoms with E-state index in [0.717, 1.165) is 0 Å². The number of aryl methyl sites for hydroxylation is 1. The number of amides is 1. The molecule has 0 atom stereocenters. The molecule has 0 spiro atoms. The number of aromatic amines is 1. The highest BCUT2D eigenvalue weighted by molar-refractivity contribution is 6.30. The summed E-state index contributed by atoms with van der Waals surface area (Å²) in [5.41, 5.74) is 1.23. The van der Waals surface area contributed by atoms with Crippen molar-refractivity contribution in [2.24, 2.45) is 0 Å². The first-order valence-corrected chi connectivity index (χ1v) is 8.03. The maximum absolute atomic E-state index is 12.0. The first-order valence-electron chi connectivity index (χ1n) is 7.65. The number of nitrogens with one attached hydrogen (secondary N) is 2. The van der Waals surface area contributed by atoms with E-state index in [-0.39, 0.29) is 11.5 Å². The molecule has 3 rings (SSSR count). The summed E-state index contributed by atoms with van der Waals surface area (Å²) in [6.07, 6.45) is 1.48. The number of fused-ring (bicyclic) bond motifs is 1. The van der Waals surface area contributed by atoms with Gasteiger partial charge >= 0.3 is 0 Å². The predicted octanol–water partition coefficient (Wildman–Crippen LogP) is 3.54. The summed E-state index contributed by atoms with van der Waals surface area (Å²) in [5.74, 6) is 0.512. The molecule has 2 aromatic carbocycles. The van der Waals surface area contributed by atoms with Crippen LogP contribution in [0.4, 0.5) is 5.69 Å². The molecule has 1 aromatic heterocycles. The van der Waals surface area contributed by atoms with Crippen molar-refractivity contribution in [1.29, 1.82) is 0 Å². The number of aromatic nitrogens is 2. The topological polar surface area (TPSA) is 74.8 Å². The molecule has 0 saturated heterocycles. The summed E-state index contributed by atoms with van der Waals surface area (Å²) in [6.45, 7) is 0. The molecule has 0 radical (unpaired) electrons. The highest BCUT2D eigenvalue weighted by Crippen LogP contribution is 2.14. The van der Waals surface area contributed by atoms with Gasteiger partial charge in [-0.2, -0.15) is 0 Å². The maximum atomic E-state index is 12.0. The minimum atomic E-state index is -0.152. The van der Waals surface area contributed by atoms with Crippen LogP contribution in [0.3, 0.4) is 0 Å². The van der Waals surface area contributed by atoms with Crippen LogP contribution >= 0.6 is 11.6 Å². The van der Waals surface area contributed by atoms with Crippen LogP contribution in [-0.4, -0.2) is 15.9 Å². The zero-order chi connectivity index (χ0) is 16.9. The Balaban J connectivity index is 1.57. The van der Waals surface area contributed by atoms with Crippen LogP contribution in [-0.2, 0) is 11.2 Å². The first kappa shape index (κ1) is 16.2. The lowest BCUT2D eigenvalue weighted by molar-refractivity contribution is -0.116. The van der Waals surface area contributed by atoms with Crippen molar-refractivity contribution in [1.82, 2.24) is 9.97 Å². The summed E-state index contributed by atoms with van der Waals surface area (Å²) >= 11 is 5.81. The van der Waals surface area contributed by atoms with Crippen molar-refractivity contribution >= 4 is 34.1 Å². The van der Waals surface area contributed by atoms with Crippen LogP contribution in [0.25, 0.3) is 10.9 Å². The molecule has 6 heteroatoms. The highest BCUT2D eigenvalue weighted by Gasteiger charge is 2.06. The number of hydrogen-bond acceptors (Lipinski definition) is 3. The van der Waals surface area contributed by atoms with Crippen molar-refractivity contribution in [3.8, 4) is 0 Å². The molecule has 5 nitrogen and oxygen atoms in total. The summed E-state index contributed by atoms with van der Waals surface area (Å²) in [4.78, 5) is 31.1. The van der Waals surface area contributed by atoms with E-state index in [1.165, 1.54) is 0 Å². The number of rotatable bonds is 5. The average Bonchev–Trinajstić information content (AvgIpc) is 2.57. The number of nitrogens with zero attached hydrogens (tertiary/aromatic N) is 1. The van der Waals surface area contributed by atoms with Crippen molar-refractivity contribution in [3.05, 3.63) is 69.7 Å². The Morgan fingerprint density at radius 2 is 1.88 bits per heavy atom. The molecule has 122 valence electrons. The number of benzene rings is 2. The molecule has 1 heterocycles. The third-order valence-corrected chi connectivity index (χ3v) is 3.86. The van der Waals surface area contributed by atoms with Crippen molar-refractivity contribution in [2.75, 3.05) is 5.32 Å². The zero-order valence-corrected chi connectivity index (χ0v) is 13.6. The molecule has 1 amide bonds. The van der Waals surface area contributed by atoms with Crippen molar-refractivity contribution in [3.63, 3.8) is 0 Å². The number of carbonyl (C=O) groups is 1. The second-order valence-corrected chi connectivity index (χ2v) is 5.87. The summed E-state index contributed by atoms with van der Waals surface area (Å²) in [5, 5.41) is 4.00. The van der Waals surface area contributed by atoms with E-state index in [1.54, 1.807) is 42.5 Å². The van der Waals surface area contributed by atoms with Gasteiger partial charge in [0.05, 0.1) is 10.9 Å². The Morgan fingerprint density at radius 3 is 2.67 bits per heavy atom. The van der Waals surface area contributed by atoms with Gasteiger partial charge in [0.1, 0.15) is 5.82 Å². The van der Waals surface area contributed by atoms with Gasteiger partial charge in [-0.15, -0.1) is 0 Å². The smallest absolute Gasteiger partial charge is 0.258 e. The highest BCUT2D eigenvalue weighted by atomic mass is 35.5. The molecule has 0 unspecified atom stereocenters. The average molecular weight is 342 g/mol. The van der Waals surface area contributed by atoms with Gasteiger partial charge in [0.15, 0.2) is 0 Å². The van der Waals surface area contributed by atoms with Gasteiger partial charge in [-0.3, -0.25) is 9.59 Å². The van der Waals surface area contributed by atoms with E-state index < -0.39 is 0 Å². The molecule has 2 N–H and O–H groups in total. The number of anilines is 1. The van der Waals surface area contributed by atoms with Gasteiger partial charge in [0, 0.05) is 23.6 Å². The summed E-state index contributed by atoms with van der Waals surface area (Å²) in [7, 11) is 0. The first-order chi connectivity index (χ1) is 11.6. The monoisotopic (exact) mass is 341 g/mol. The summed E-state index contributed by atoms with van der Waals surface area (Å²) < 4.78 is 0. The molecular weight excluding hydrogens is 326 g/mol. The van der Waals surface area contributed by atoms with Crippen LogP contribution in [0.1, 0.15) is 18.7 Å². The standard InChI is InChI=1S/C18H16ClN3O2/c19-12-8-10-13(11-9-12)20-17(23)7-3-6-16-21-15-5-2-1-4-14(15)18(24)22-16/h1-2,4-5,8-11H,3,6-7H2,(H,20,23)(H,21,22,24). The van der Waals surface area contributed by atoms with Gasteiger partial charge in [-0.1, -0.05) is 23.7 Å². The molecule has 0 bridgehead atoms. The molecular formula is C18H16ClN3O2. The summed E-state index contributed by atoms with van der Waals surface area (Å²) in [6, 6.07) is 14.1. The SMILES string of the molecule is O=C(CCCc1nc2ccccc2c(=O)[nH]1)Nc1ccc(Cl)cc1. The predicted molar refractivity (Wildman–Crippen MR) is 95.4 cm³/mol. The maximum Gasteiger partial charge on any atom is 0.258 e. The number of carbonyl (C=O) groups excluding carboxylic acids is 1. The molecule has 3 aromatic rings. The van der Waals surface area contributed by atoms with Crippen LogP contribution in [0.15, 0.2) is 53.3 Å². The molecule has 0 aliphatic rings. The zero-order valence-electron chi connectivity index (χ0n) is 12.9. The second-order valence-electron chi connectivity index (χ2n) is 5.44. The Labute approximate surface area is 143 Å². The van der Waals surface area contributed by atoms with E-state index in [1.807, 2.05) is 6.07 Å². The molecule has 0 aliphatic heterocycles. The van der Waals surface area contributed by atoms with Crippen molar-refractivity contribution in [2.45, 2.75) is 19.3 Å². The fourth-order valence-electron chi connectivity index (χ4n) is 2.43. The van der Waals surface area contributed by atoms with Crippen LogP contribution in [0, 0.1) is 0 Å². The van der Waals surface area contributed by atoms with E-state index in [2.05, 4.69) is 15.3 Å². The van der Waals surface area contributed by atoms with E-state index >= 15 is 0 Å². The lowest BCUT2D eigenvalue weighted by atomic mass is 10.2. The molecule has 24 heavy (non-hydrogen) atoms. The molecule has 0 saturated carbocycles. The van der Waals surface area contributed by atoms with Crippen LogP contribution in [0.5, 0.6) is 0 Å². The number of hydrogen-bond donors (Lipinski definition) is 2. The number of H-pyrrole nitrogens is 1. The van der Waals surface area contributed by atoms with E-state index in [4.69, 9.17) is 11.6 Å². The Bertz CT molecular complexity index is 919. The number of halogens is 1. The number of para-hydroxylation sites is 1. The minimum Gasteiger partial charge on any atom is -0.326 e. The lowest BCUT2D eigenvalue weighted by Crippen LogP contribution is -2.14. The fourth-order valence-corrected chi connectivity index (χ4v) is 2.55. The third-order valence-electron chi connectivity index (χ3n) is 3.61. The van der Waals surface area contributed by atoms with Crippen LogP contribution < -0.4 is 10.9 Å². The van der Waals surface area contributed by atoms with E-state index in [9.17, 15) is 9.59 Å². The van der Waals surface area contributed by atoms with E-state index in [0.29, 0.717) is 46.7 Å². The third kappa shape index (κ3) is 4.00. The lowest BCUT2D eigenvalue weighted by Gasteiger charge is -2.06. The normalized spacial score (nSPS) is 10.7.